The summed E-state index contributed by atoms with van der Waals surface area (Å²) in [4.78, 5) is 15.0. The SMILES string of the molecule is NC(=O)CCCCNc1ccccc1OC(CCc1ccc(Cl)cc1)Cn1ccnc1. The summed E-state index contributed by atoms with van der Waals surface area (Å²) in [6.07, 6.45) is 9.30. The van der Waals surface area contributed by atoms with Gasteiger partial charge in [0, 0.05) is 30.4 Å². The van der Waals surface area contributed by atoms with Crippen molar-refractivity contribution in [1.29, 1.82) is 0 Å². The van der Waals surface area contributed by atoms with Gasteiger partial charge in [0.2, 0.25) is 5.91 Å². The van der Waals surface area contributed by atoms with Crippen molar-refractivity contribution in [2.24, 2.45) is 5.73 Å². The quantitative estimate of drug-likeness (QED) is 0.378. The summed E-state index contributed by atoms with van der Waals surface area (Å²) in [6, 6.07) is 15.9. The van der Waals surface area contributed by atoms with Crippen LogP contribution in [-0.4, -0.2) is 28.1 Å². The lowest BCUT2D eigenvalue weighted by Gasteiger charge is -2.22. The summed E-state index contributed by atoms with van der Waals surface area (Å²) in [5.41, 5.74) is 7.38. The van der Waals surface area contributed by atoms with Gasteiger partial charge in [-0.2, -0.15) is 0 Å². The smallest absolute Gasteiger partial charge is 0.217 e. The minimum atomic E-state index is -0.258. The van der Waals surface area contributed by atoms with Gasteiger partial charge in [-0.15, -0.1) is 0 Å². The summed E-state index contributed by atoms with van der Waals surface area (Å²) in [7, 11) is 0. The van der Waals surface area contributed by atoms with E-state index in [9.17, 15) is 4.79 Å². The Labute approximate surface area is 188 Å². The van der Waals surface area contributed by atoms with Gasteiger partial charge in [-0.25, -0.2) is 4.98 Å². The second-order valence-electron chi connectivity index (χ2n) is 7.51. The molecule has 1 unspecified atom stereocenters. The second-order valence-corrected chi connectivity index (χ2v) is 7.95. The van der Waals surface area contributed by atoms with Crippen molar-refractivity contribution in [2.75, 3.05) is 11.9 Å². The molecule has 1 aromatic heterocycles. The lowest BCUT2D eigenvalue weighted by molar-refractivity contribution is -0.118. The first-order chi connectivity index (χ1) is 15.1. The number of rotatable bonds is 13. The number of hydrogen-bond acceptors (Lipinski definition) is 4. The summed E-state index contributed by atoms with van der Waals surface area (Å²) >= 11 is 6.01. The number of aryl methyl sites for hydroxylation is 1. The van der Waals surface area contributed by atoms with Gasteiger partial charge in [-0.05, 0) is 55.5 Å². The van der Waals surface area contributed by atoms with E-state index in [1.165, 1.54) is 5.56 Å². The molecule has 2 aromatic carbocycles. The Balaban J connectivity index is 1.62. The Morgan fingerprint density at radius 3 is 2.71 bits per heavy atom. The molecule has 1 amide bonds. The Kier molecular flexibility index (Phi) is 8.79. The zero-order chi connectivity index (χ0) is 21.9. The fourth-order valence-corrected chi connectivity index (χ4v) is 3.46. The number of anilines is 1. The summed E-state index contributed by atoms with van der Waals surface area (Å²) < 4.78 is 8.48. The van der Waals surface area contributed by atoms with Gasteiger partial charge in [-0.3, -0.25) is 4.79 Å². The number of nitrogens with two attached hydrogens (primary N) is 1. The minimum Gasteiger partial charge on any atom is -0.486 e. The highest BCUT2D eigenvalue weighted by Gasteiger charge is 2.14. The van der Waals surface area contributed by atoms with E-state index in [-0.39, 0.29) is 12.0 Å². The molecule has 0 bridgehead atoms. The average molecular weight is 441 g/mol. The number of para-hydroxylation sites is 2. The number of ether oxygens (including phenoxy) is 1. The van der Waals surface area contributed by atoms with Crippen LogP contribution in [0.25, 0.3) is 0 Å². The molecule has 31 heavy (non-hydrogen) atoms. The van der Waals surface area contributed by atoms with E-state index in [0.717, 1.165) is 48.7 Å². The van der Waals surface area contributed by atoms with Crippen molar-refractivity contribution in [2.45, 2.75) is 44.8 Å². The van der Waals surface area contributed by atoms with Crippen LogP contribution in [0.4, 0.5) is 5.69 Å². The predicted molar refractivity (Wildman–Crippen MR) is 124 cm³/mol. The number of carbonyl (C=O) groups excluding carboxylic acids is 1. The molecule has 0 saturated carbocycles. The highest BCUT2D eigenvalue weighted by Crippen LogP contribution is 2.26. The number of benzene rings is 2. The molecule has 7 heteroatoms. The Morgan fingerprint density at radius 2 is 1.97 bits per heavy atom. The van der Waals surface area contributed by atoms with Gasteiger partial charge in [-0.1, -0.05) is 35.9 Å². The van der Waals surface area contributed by atoms with E-state index < -0.39 is 0 Å². The van der Waals surface area contributed by atoms with Crippen molar-refractivity contribution >= 4 is 23.2 Å². The van der Waals surface area contributed by atoms with E-state index in [1.54, 1.807) is 6.20 Å². The van der Waals surface area contributed by atoms with Gasteiger partial charge in [0.1, 0.15) is 11.9 Å². The number of amides is 1. The van der Waals surface area contributed by atoms with Crippen molar-refractivity contribution < 1.29 is 9.53 Å². The average Bonchev–Trinajstić information content (AvgIpc) is 3.27. The molecular weight excluding hydrogens is 412 g/mol. The summed E-state index contributed by atoms with van der Waals surface area (Å²) in [5.74, 6) is 0.561. The van der Waals surface area contributed by atoms with Crippen molar-refractivity contribution in [3.8, 4) is 5.75 Å². The molecule has 0 spiro atoms. The first-order valence-corrected chi connectivity index (χ1v) is 11.0. The van der Waals surface area contributed by atoms with Crippen LogP contribution in [0.1, 0.15) is 31.2 Å². The van der Waals surface area contributed by atoms with Crippen LogP contribution >= 0.6 is 11.6 Å². The van der Waals surface area contributed by atoms with Gasteiger partial charge < -0.3 is 20.4 Å². The molecule has 1 atom stereocenters. The van der Waals surface area contributed by atoms with E-state index in [1.807, 2.05) is 53.5 Å². The molecule has 3 rings (SSSR count). The van der Waals surface area contributed by atoms with Crippen molar-refractivity contribution in [3.05, 3.63) is 77.8 Å². The van der Waals surface area contributed by atoms with Gasteiger partial charge >= 0.3 is 0 Å². The number of nitrogens with zero attached hydrogens (tertiary/aromatic N) is 2. The number of hydrogen-bond donors (Lipinski definition) is 2. The van der Waals surface area contributed by atoms with Gasteiger partial charge in [0.05, 0.1) is 18.6 Å². The normalized spacial score (nSPS) is 11.8. The molecular formula is C24H29ClN4O2. The lowest BCUT2D eigenvalue weighted by atomic mass is 10.1. The molecule has 0 fully saturated rings. The minimum absolute atomic E-state index is 0.0253. The topological polar surface area (TPSA) is 82.2 Å². The standard InChI is InChI=1S/C24H29ClN4O2/c25-20-11-8-19(9-12-20)10-13-21(17-29-16-15-27-18-29)31-23-6-2-1-5-22(23)28-14-4-3-7-24(26)30/h1-2,5-6,8-9,11-12,15-16,18,21,28H,3-4,7,10,13-14,17H2,(H2,26,30). The molecule has 1 heterocycles. The van der Waals surface area contributed by atoms with E-state index >= 15 is 0 Å². The largest absolute Gasteiger partial charge is 0.486 e. The zero-order valence-corrected chi connectivity index (χ0v) is 18.3. The van der Waals surface area contributed by atoms with Crippen LogP contribution in [0.5, 0.6) is 5.75 Å². The number of unbranched alkanes of at least 4 members (excludes halogenated alkanes) is 1. The molecule has 3 aromatic rings. The molecule has 0 radical (unpaired) electrons. The molecule has 164 valence electrons. The number of primary amides is 1. The Morgan fingerprint density at radius 1 is 1.16 bits per heavy atom. The molecule has 0 saturated heterocycles. The number of carbonyl (C=O) groups is 1. The molecule has 3 N–H and O–H groups in total. The fourth-order valence-electron chi connectivity index (χ4n) is 3.34. The molecule has 0 aliphatic heterocycles. The lowest BCUT2D eigenvalue weighted by Crippen LogP contribution is -2.24. The van der Waals surface area contributed by atoms with Crippen molar-refractivity contribution in [3.63, 3.8) is 0 Å². The Hall–Kier alpha value is -2.99. The van der Waals surface area contributed by atoms with Gasteiger partial charge in [0.25, 0.3) is 0 Å². The third-order valence-electron chi connectivity index (χ3n) is 4.99. The van der Waals surface area contributed by atoms with Crippen LogP contribution < -0.4 is 15.8 Å². The van der Waals surface area contributed by atoms with E-state index in [0.29, 0.717) is 13.0 Å². The van der Waals surface area contributed by atoms with Crippen LogP contribution in [-0.2, 0) is 17.8 Å². The number of aromatic nitrogens is 2. The highest BCUT2D eigenvalue weighted by atomic mass is 35.5. The van der Waals surface area contributed by atoms with Crippen molar-refractivity contribution in [1.82, 2.24) is 9.55 Å². The second kappa shape index (κ2) is 12.0. The highest BCUT2D eigenvalue weighted by molar-refractivity contribution is 6.30. The van der Waals surface area contributed by atoms with E-state index in [2.05, 4.69) is 22.4 Å². The monoisotopic (exact) mass is 440 g/mol. The van der Waals surface area contributed by atoms with Crippen LogP contribution in [0, 0.1) is 0 Å². The van der Waals surface area contributed by atoms with Crippen LogP contribution in [0.3, 0.4) is 0 Å². The molecule has 6 nitrogen and oxygen atoms in total. The molecule has 0 aliphatic rings. The first kappa shape index (κ1) is 22.7. The van der Waals surface area contributed by atoms with Crippen LogP contribution in [0.15, 0.2) is 67.3 Å². The maximum Gasteiger partial charge on any atom is 0.217 e. The third-order valence-corrected chi connectivity index (χ3v) is 5.24. The maximum atomic E-state index is 10.9. The maximum absolute atomic E-state index is 10.9. The predicted octanol–water partition coefficient (Wildman–Crippen LogP) is 4.68. The number of nitrogens with one attached hydrogen (secondary N) is 1. The fraction of sp³-hybridized carbons (Fsp3) is 0.333. The first-order valence-electron chi connectivity index (χ1n) is 10.6. The third kappa shape index (κ3) is 7.98. The summed E-state index contributed by atoms with van der Waals surface area (Å²) in [5, 5.41) is 4.16. The number of imidazole rings is 1. The zero-order valence-electron chi connectivity index (χ0n) is 17.5. The molecule has 0 aliphatic carbocycles. The summed E-state index contributed by atoms with van der Waals surface area (Å²) in [6.45, 7) is 1.46. The van der Waals surface area contributed by atoms with Gasteiger partial charge in [0.15, 0.2) is 0 Å². The Bertz CT molecular complexity index is 929. The number of halogens is 1. The van der Waals surface area contributed by atoms with E-state index in [4.69, 9.17) is 22.1 Å². The van der Waals surface area contributed by atoms with Crippen LogP contribution in [0.2, 0.25) is 5.02 Å².